The molecule has 2 unspecified atom stereocenters. The molecule has 0 aliphatic heterocycles. The molecular formula is C38H77. The minimum absolute atomic E-state index is 0.899. The Labute approximate surface area is 244 Å². The van der Waals surface area contributed by atoms with Crippen molar-refractivity contribution in [2.45, 2.75) is 227 Å². The first kappa shape index (κ1) is 38.0. The van der Waals surface area contributed by atoms with Crippen molar-refractivity contribution < 1.29 is 0 Å². The van der Waals surface area contributed by atoms with Crippen molar-refractivity contribution in [3.63, 3.8) is 0 Å². The van der Waals surface area contributed by atoms with Gasteiger partial charge in [0.05, 0.1) is 0 Å². The first-order valence-electron chi connectivity index (χ1n) is 18.6. The summed E-state index contributed by atoms with van der Waals surface area (Å²) in [6.07, 6.45) is 48.0. The topological polar surface area (TPSA) is 0 Å². The van der Waals surface area contributed by atoms with Crippen molar-refractivity contribution in [2.75, 3.05) is 0 Å². The highest BCUT2D eigenvalue weighted by molar-refractivity contribution is 4.84. The lowest BCUT2D eigenvalue weighted by atomic mass is 9.82. The van der Waals surface area contributed by atoms with E-state index >= 15 is 0 Å². The minimum Gasteiger partial charge on any atom is -0.0654 e. The Morgan fingerprint density at radius 1 is 0.263 bits per heavy atom. The molecule has 0 amide bonds. The van der Waals surface area contributed by atoms with Gasteiger partial charge in [-0.1, -0.05) is 227 Å². The SMILES string of the molecule is CCCCCCCCCCC([CH]C(CCCCCCCC)CCCCCCCCC)CCCCCCCC. The lowest BCUT2D eigenvalue weighted by Crippen LogP contribution is -2.12. The smallest absolute Gasteiger partial charge is 0.0324 e. The Kier molecular flexibility index (Phi) is 33.2. The lowest BCUT2D eigenvalue weighted by molar-refractivity contribution is 0.364. The summed E-state index contributed by atoms with van der Waals surface area (Å²) in [4.78, 5) is 0. The number of rotatable bonds is 33. The van der Waals surface area contributed by atoms with Crippen molar-refractivity contribution in [2.24, 2.45) is 11.8 Å². The van der Waals surface area contributed by atoms with Crippen LogP contribution in [0.1, 0.15) is 227 Å². The van der Waals surface area contributed by atoms with Gasteiger partial charge in [0.2, 0.25) is 0 Å². The molecule has 0 aliphatic rings. The average molecular weight is 534 g/mol. The number of hydrogen-bond acceptors (Lipinski definition) is 0. The van der Waals surface area contributed by atoms with Gasteiger partial charge in [-0.25, -0.2) is 0 Å². The quantitative estimate of drug-likeness (QED) is 0.0736. The summed E-state index contributed by atoms with van der Waals surface area (Å²) in [5.41, 5.74) is 0. The van der Waals surface area contributed by atoms with E-state index in [2.05, 4.69) is 34.1 Å². The standard InChI is InChI=1S/C38H77/c1-5-9-13-17-21-23-27-31-35-38(33-29-25-20-16-12-8-4)36-37(32-28-24-19-15-11-7-3)34-30-26-22-18-14-10-6-2/h36-38H,5-35H2,1-4H3. The second-order valence-corrected chi connectivity index (χ2v) is 13.0. The maximum Gasteiger partial charge on any atom is -0.0324 e. The van der Waals surface area contributed by atoms with E-state index in [1.807, 2.05) is 0 Å². The third-order valence-corrected chi connectivity index (χ3v) is 9.01. The van der Waals surface area contributed by atoms with Gasteiger partial charge in [-0.3, -0.25) is 0 Å². The van der Waals surface area contributed by atoms with E-state index in [4.69, 9.17) is 0 Å². The van der Waals surface area contributed by atoms with Gasteiger partial charge in [-0.2, -0.15) is 0 Å². The van der Waals surface area contributed by atoms with Crippen LogP contribution >= 0.6 is 0 Å². The molecule has 0 bridgehead atoms. The highest BCUT2D eigenvalue weighted by atomic mass is 14.2. The molecular weight excluding hydrogens is 456 g/mol. The molecule has 0 heteroatoms. The summed E-state index contributed by atoms with van der Waals surface area (Å²) >= 11 is 0. The van der Waals surface area contributed by atoms with Crippen LogP contribution in [0.3, 0.4) is 0 Å². The average Bonchev–Trinajstić information content (AvgIpc) is 2.92. The fourth-order valence-corrected chi connectivity index (χ4v) is 6.34. The van der Waals surface area contributed by atoms with Gasteiger partial charge >= 0.3 is 0 Å². The van der Waals surface area contributed by atoms with Gasteiger partial charge in [0.1, 0.15) is 0 Å². The van der Waals surface area contributed by atoms with Crippen molar-refractivity contribution in [3.8, 4) is 0 Å². The maximum absolute atomic E-state index is 2.93. The predicted molar refractivity (Wildman–Crippen MR) is 177 cm³/mol. The monoisotopic (exact) mass is 534 g/mol. The molecule has 0 nitrogen and oxygen atoms in total. The van der Waals surface area contributed by atoms with Crippen LogP contribution in [0.2, 0.25) is 0 Å². The molecule has 0 N–H and O–H groups in total. The molecule has 0 rings (SSSR count). The van der Waals surface area contributed by atoms with Crippen LogP contribution < -0.4 is 0 Å². The predicted octanol–water partition coefficient (Wildman–Crippen LogP) is 14.6. The molecule has 38 heavy (non-hydrogen) atoms. The van der Waals surface area contributed by atoms with Crippen LogP contribution in [0.15, 0.2) is 0 Å². The van der Waals surface area contributed by atoms with Crippen LogP contribution in [0.25, 0.3) is 0 Å². The van der Waals surface area contributed by atoms with Crippen molar-refractivity contribution >= 4 is 0 Å². The number of unbranched alkanes of at least 4 members (excludes halogenated alkanes) is 23. The summed E-state index contributed by atoms with van der Waals surface area (Å²) in [6.45, 7) is 9.33. The van der Waals surface area contributed by atoms with Crippen molar-refractivity contribution in [3.05, 3.63) is 6.42 Å². The molecule has 0 heterocycles. The number of hydrogen-bond donors (Lipinski definition) is 0. The van der Waals surface area contributed by atoms with E-state index in [1.165, 1.54) is 199 Å². The Balaban J connectivity index is 4.60. The van der Waals surface area contributed by atoms with E-state index in [0.717, 1.165) is 11.8 Å². The fourth-order valence-electron chi connectivity index (χ4n) is 6.34. The van der Waals surface area contributed by atoms with E-state index in [1.54, 1.807) is 0 Å². The second kappa shape index (κ2) is 33.2. The van der Waals surface area contributed by atoms with Gasteiger partial charge in [0.25, 0.3) is 0 Å². The van der Waals surface area contributed by atoms with Gasteiger partial charge in [0, 0.05) is 0 Å². The molecule has 2 atom stereocenters. The summed E-state index contributed by atoms with van der Waals surface area (Å²) in [5, 5.41) is 0. The van der Waals surface area contributed by atoms with E-state index in [9.17, 15) is 0 Å². The minimum atomic E-state index is 0.899. The largest absolute Gasteiger partial charge is 0.0654 e. The third-order valence-electron chi connectivity index (χ3n) is 9.01. The molecule has 0 spiro atoms. The Bertz CT molecular complexity index is 399. The van der Waals surface area contributed by atoms with E-state index in [0.29, 0.717) is 0 Å². The lowest BCUT2D eigenvalue weighted by Gasteiger charge is -2.24. The van der Waals surface area contributed by atoms with E-state index < -0.39 is 0 Å². The molecule has 0 aromatic carbocycles. The van der Waals surface area contributed by atoms with Gasteiger partial charge in [-0.05, 0) is 18.3 Å². The summed E-state index contributed by atoms with van der Waals surface area (Å²) in [6, 6.07) is 0. The zero-order valence-electron chi connectivity index (χ0n) is 27.7. The van der Waals surface area contributed by atoms with Crippen LogP contribution in [0, 0.1) is 18.3 Å². The van der Waals surface area contributed by atoms with Gasteiger partial charge in [0.15, 0.2) is 0 Å². The molecule has 0 saturated heterocycles. The van der Waals surface area contributed by atoms with Crippen LogP contribution in [0.4, 0.5) is 0 Å². The van der Waals surface area contributed by atoms with Gasteiger partial charge < -0.3 is 0 Å². The van der Waals surface area contributed by atoms with Crippen LogP contribution in [-0.4, -0.2) is 0 Å². The zero-order chi connectivity index (χ0) is 27.8. The molecule has 0 saturated carbocycles. The Morgan fingerprint density at radius 2 is 0.447 bits per heavy atom. The first-order chi connectivity index (χ1) is 18.8. The summed E-state index contributed by atoms with van der Waals surface area (Å²) < 4.78 is 0. The highest BCUT2D eigenvalue weighted by Crippen LogP contribution is 2.30. The molecule has 0 fully saturated rings. The second-order valence-electron chi connectivity index (χ2n) is 13.0. The normalized spacial score (nSPS) is 13.3. The van der Waals surface area contributed by atoms with Gasteiger partial charge in [-0.15, -0.1) is 0 Å². The zero-order valence-corrected chi connectivity index (χ0v) is 27.7. The molecule has 0 aromatic heterocycles. The van der Waals surface area contributed by atoms with Crippen LogP contribution in [-0.2, 0) is 0 Å². The third kappa shape index (κ3) is 29.0. The van der Waals surface area contributed by atoms with Crippen molar-refractivity contribution in [1.29, 1.82) is 0 Å². The van der Waals surface area contributed by atoms with E-state index in [-0.39, 0.29) is 0 Å². The van der Waals surface area contributed by atoms with Crippen molar-refractivity contribution in [1.82, 2.24) is 0 Å². The fraction of sp³-hybridized carbons (Fsp3) is 0.974. The molecule has 0 aromatic rings. The first-order valence-corrected chi connectivity index (χ1v) is 18.6. The molecule has 229 valence electrons. The highest BCUT2D eigenvalue weighted by Gasteiger charge is 2.17. The Hall–Kier alpha value is 0. The summed E-state index contributed by atoms with van der Waals surface area (Å²) in [7, 11) is 0. The molecule has 0 aliphatic carbocycles. The molecule has 1 radical (unpaired) electrons. The summed E-state index contributed by atoms with van der Waals surface area (Å²) in [5.74, 6) is 1.80. The Morgan fingerprint density at radius 3 is 0.658 bits per heavy atom. The maximum atomic E-state index is 2.93. The van der Waals surface area contributed by atoms with Crippen LogP contribution in [0.5, 0.6) is 0 Å².